The second-order valence-corrected chi connectivity index (χ2v) is 3.48. The molecule has 2 N–H and O–H groups in total. The molecule has 0 saturated carbocycles. The fourth-order valence-electron chi connectivity index (χ4n) is 0.743. The molecule has 60 valence electrons. The first-order valence-corrected chi connectivity index (χ1v) is 3.93. The first kappa shape index (κ1) is 9.70. The molecule has 0 aliphatic rings. The van der Waals surface area contributed by atoms with Crippen LogP contribution in [0, 0.1) is 5.41 Å². The standard InChI is InChI=1S/C9H19N/c1-4-5-6-7-9(2,3)8-10/h4-5H,6-8,10H2,1-3H3. The summed E-state index contributed by atoms with van der Waals surface area (Å²) in [6, 6.07) is 0. The minimum atomic E-state index is 0.319. The maximum absolute atomic E-state index is 5.56. The van der Waals surface area contributed by atoms with Crippen molar-refractivity contribution in [1.82, 2.24) is 0 Å². The zero-order valence-corrected chi connectivity index (χ0v) is 7.35. The van der Waals surface area contributed by atoms with Gasteiger partial charge in [-0.15, -0.1) is 0 Å². The van der Waals surface area contributed by atoms with E-state index in [9.17, 15) is 0 Å². The van der Waals surface area contributed by atoms with Crippen molar-refractivity contribution in [3.05, 3.63) is 12.2 Å². The highest BCUT2D eigenvalue weighted by Gasteiger charge is 2.12. The Hall–Kier alpha value is -0.300. The topological polar surface area (TPSA) is 26.0 Å². The van der Waals surface area contributed by atoms with Crippen molar-refractivity contribution in [2.45, 2.75) is 33.6 Å². The summed E-state index contributed by atoms with van der Waals surface area (Å²) in [6.45, 7) is 7.24. The normalized spacial score (nSPS) is 12.8. The van der Waals surface area contributed by atoms with Crippen LogP contribution < -0.4 is 5.73 Å². The monoisotopic (exact) mass is 141 g/mol. The molecule has 0 aliphatic heterocycles. The molecule has 10 heavy (non-hydrogen) atoms. The Labute approximate surface area is 64.3 Å². The van der Waals surface area contributed by atoms with E-state index in [0.29, 0.717) is 5.41 Å². The maximum Gasteiger partial charge on any atom is -0.00257 e. The van der Waals surface area contributed by atoms with Gasteiger partial charge in [0, 0.05) is 0 Å². The van der Waals surface area contributed by atoms with Crippen LogP contribution in [0.4, 0.5) is 0 Å². The molecule has 0 bridgehead atoms. The predicted molar refractivity (Wildman–Crippen MR) is 46.9 cm³/mol. The molecule has 1 nitrogen and oxygen atoms in total. The largest absolute Gasteiger partial charge is 0.330 e. The van der Waals surface area contributed by atoms with Crippen molar-refractivity contribution in [2.75, 3.05) is 6.54 Å². The van der Waals surface area contributed by atoms with Crippen molar-refractivity contribution < 1.29 is 0 Å². The van der Waals surface area contributed by atoms with Crippen molar-refractivity contribution >= 4 is 0 Å². The second kappa shape index (κ2) is 4.51. The molecule has 0 aliphatic carbocycles. The Balaban J connectivity index is 3.46. The molecule has 1 heteroatoms. The Morgan fingerprint density at radius 2 is 2.00 bits per heavy atom. The van der Waals surface area contributed by atoms with Crippen LogP contribution in [0.15, 0.2) is 12.2 Å². The molecule has 0 aromatic heterocycles. The molecule has 0 unspecified atom stereocenters. The quantitative estimate of drug-likeness (QED) is 0.597. The number of allylic oxidation sites excluding steroid dienone is 2. The number of rotatable bonds is 4. The van der Waals surface area contributed by atoms with E-state index in [1.165, 1.54) is 6.42 Å². The van der Waals surface area contributed by atoms with Gasteiger partial charge in [0.25, 0.3) is 0 Å². The fraction of sp³-hybridized carbons (Fsp3) is 0.778. The van der Waals surface area contributed by atoms with Crippen LogP contribution in [0.1, 0.15) is 33.6 Å². The van der Waals surface area contributed by atoms with Crippen molar-refractivity contribution in [3.8, 4) is 0 Å². The summed E-state index contributed by atoms with van der Waals surface area (Å²) in [4.78, 5) is 0. The van der Waals surface area contributed by atoms with Gasteiger partial charge in [0.2, 0.25) is 0 Å². The maximum atomic E-state index is 5.56. The van der Waals surface area contributed by atoms with E-state index in [4.69, 9.17) is 5.73 Å². The van der Waals surface area contributed by atoms with Gasteiger partial charge < -0.3 is 5.73 Å². The second-order valence-electron chi connectivity index (χ2n) is 3.48. The van der Waals surface area contributed by atoms with Gasteiger partial charge in [0.15, 0.2) is 0 Å². The fourth-order valence-corrected chi connectivity index (χ4v) is 0.743. The van der Waals surface area contributed by atoms with Gasteiger partial charge in [-0.05, 0) is 31.7 Å². The Morgan fingerprint density at radius 1 is 1.40 bits per heavy atom. The third kappa shape index (κ3) is 4.57. The minimum absolute atomic E-state index is 0.319. The van der Waals surface area contributed by atoms with Gasteiger partial charge in [0.05, 0.1) is 0 Å². The Kier molecular flexibility index (Phi) is 4.37. The molecule has 0 fully saturated rings. The molecule has 0 saturated heterocycles. The smallest absolute Gasteiger partial charge is 0.00257 e. The lowest BCUT2D eigenvalue weighted by molar-refractivity contribution is 0.351. The predicted octanol–water partition coefficient (Wildman–Crippen LogP) is 2.33. The third-order valence-electron chi connectivity index (χ3n) is 1.78. The summed E-state index contributed by atoms with van der Waals surface area (Å²) in [7, 11) is 0. The van der Waals surface area contributed by atoms with Gasteiger partial charge in [-0.2, -0.15) is 0 Å². The van der Waals surface area contributed by atoms with E-state index < -0.39 is 0 Å². The van der Waals surface area contributed by atoms with Crippen LogP contribution in [0.3, 0.4) is 0 Å². The van der Waals surface area contributed by atoms with Crippen molar-refractivity contribution in [3.63, 3.8) is 0 Å². The molecule has 0 radical (unpaired) electrons. The van der Waals surface area contributed by atoms with E-state index in [2.05, 4.69) is 32.9 Å². The van der Waals surface area contributed by atoms with Gasteiger partial charge in [-0.25, -0.2) is 0 Å². The molecule has 0 amide bonds. The Morgan fingerprint density at radius 3 is 2.40 bits per heavy atom. The van der Waals surface area contributed by atoms with Crippen LogP contribution in [0.2, 0.25) is 0 Å². The number of nitrogens with two attached hydrogens (primary N) is 1. The highest BCUT2D eigenvalue weighted by Crippen LogP contribution is 2.19. The summed E-state index contributed by atoms with van der Waals surface area (Å²) in [5, 5.41) is 0. The van der Waals surface area contributed by atoms with E-state index in [0.717, 1.165) is 13.0 Å². The third-order valence-corrected chi connectivity index (χ3v) is 1.78. The zero-order chi connectivity index (χ0) is 8.04. The van der Waals surface area contributed by atoms with Crippen molar-refractivity contribution in [2.24, 2.45) is 11.1 Å². The summed E-state index contributed by atoms with van der Waals surface area (Å²) < 4.78 is 0. The molecular weight excluding hydrogens is 122 g/mol. The molecule has 0 atom stereocenters. The molecule has 0 aromatic rings. The van der Waals surface area contributed by atoms with Crippen molar-refractivity contribution in [1.29, 1.82) is 0 Å². The highest BCUT2D eigenvalue weighted by molar-refractivity contribution is 4.80. The zero-order valence-electron chi connectivity index (χ0n) is 7.35. The van der Waals surface area contributed by atoms with Gasteiger partial charge >= 0.3 is 0 Å². The lowest BCUT2D eigenvalue weighted by Crippen LogP contribution is -2.22. The summed E-state index contributed by atoms with van der Waals surface area (Å²) in [5.74, 6) is 0. The van der Waals surface area contributed by atoms with E-state index in [1.807, 2.05) is 0 Å². The lowest BCUT2D eigenvalue weighted by Gasteiger charge is -2.20. The molecule has 0 rings (SSSR count). The first-order chi connectivity index (χ1) is 4.62. The number of hydrogen-bond acceptors (Lipinski definition) is 1. The van der Waals surface area contributed by atoms with E-state index >= 15 is 0 Å². The summed E-state index contributed by atoms with van der Waals surface area (Å²) >= 11 is 0. The minimum Gasteiger partial charge on any atom is -0.330 e. The molecule has 0 spiro atoms. The van der Waals surface area contributed by atoms with Crippen LogP contribution >= 0.6 is 0 Å². The van der Waals surface area contributed by atoms with Crippen LogP contribution in [-0.2, 0) is 0 Å². The van der Waals surface area contributed by atoms with Crippen LogP contribution in [0.5, 0.6) is 0 Å². The lowest BCUT2D eigenvalue weighted by atomic mass is 9.88. The molecule has 0 aromatic carbocycles. The molecule has 0 heterocycles. The SMILES string of the molecule is CC=CCCC(C)(C)CN. The van der Waals surface area contributed by atoms with Crippen LogP contribution in [0.25, 0.3) is 0 Å². The highest BCUT2D eigenvalue weighted by atomic mass is 14.6. The summed E-state index contributed by atoms with van der Waals surface area (Å²) in [5.41, 5.74) is 5.88. The van der Waals surface area contributed by atoms with E-state index in [-0.39, 0.29) is 0 Å². The van der Waals surface area contributed by atoms with Gasteiger partial charge in [-0.1, -0.05) is 26.0 Å². The van der Waals surface area contributed by atoms with E-state index in [1.54, 1.807) is 0 Å². The first-order valence-electron chi connectivity index (χ1n) is 3.93. The Bertz CT molecular complexity index is 103. The van der Waals surface area contributed by atoms with Gasteiger partial charge in [-0.3, -0.25) is 0 Å². The van der Waals surface area contributed by atoms with Crippen LogP contribution in [-0.4, -0.2) is 6.54 Å². The summed E-state index contributed by atoms with van der Waals surface area (Å²) in [6.07, 6.45) is 6.62. The average Bonchev–Trinajstić information content (AvgIpc) is 1.89. The van der Waals surface area contributed by atoms with Gasteiger partial charge in [0.1, 0.15) is 0 Å². The molecular formula is C9H19N. The average molecular weight is 141 g/mol. The number of hydrogen-bond donors (Lipinski definition) is 1.